The highest BCUT2D eigenvalue weighted by molar-refractivity contribution is 7.07. The molecule has 0 bridgehead atoms. The Kier molecular flexibility index (Phi) is 5.80. The molecule has 1 aromatic heterocycles. The number of hydrogen-bond donors (Lipinski definition) is 0. The van der Waals surface area contributed by atoms with Gasteiger partial charge in [-0.25, -0.2) is 4.68 Å². The van der Waals surface area contributed by atoms with E-state index in [0.29, 0.717) is 17.1 Å². The number of benzene rings is 2. The molecule has 0 saturated heterocycles. The molecule has 4 nitrogen and oxygen atoms in total. The molecule has 3 rings (SSSR count). The fraction of sp³-hybridized carbons (Fsp3) is 0.0500. The molecule has 2 aromatic carbocycles. The Morgan fingerprint density at radius 2 is 1.88 bits per heavy atom. The van der Waals surface area contributed by atoms with Gasteiger partial charge in [0.15, 0.2) is 0 Å². The van der Waals surface area contributed by atoms with E-state index in [-0.39, 0.29) is 0 Å². The van der Waals surface area contributed by atoms with Gasteiger partial charge in [0.05, 0.1) is 30.1 Å². The second-order valence-electron chi connectivity index (χ2n) is 5.33. The van der Waals surface area contributed by atoms with Crippen molar-refractivity contribution in [1.82, 2.24) is 4.68 Å². The molecule has 0 saturated carbocycles. The maximum atomic E-state index is 8.89. The summed E-state index contributed by atoms with van der Waals surface area (Å²) in [6.45, 7) is 4.23. The minimum absolute atomic E-state index is 0.521. The first-order valence-corrected chi connectivity index (χ1v) is 9.09. The standard InChI is InChI=1S/C20H15ClN4S/c1-2-11-23-20-25(24-13-16-5-3-15(12-22)4-6-16)19(14-26-20)17-7-9-18(21)10-8-17/h2-10,13-14H,1,11H2. The molecule has 1 heterocycles. The number of nitriles is 1. The highest BCUT2D eigenvalue weighted by atomic mass is 35.5. The summed E-state index contributed by atoms with van der Waals surface area (Å²) in [5.41, 5.74) is 3.45. The predicted octanol–water partition coefficient (Wildman–Crippen LogP) is 4.71. The third kappa shape index (κ3) is 4.17. The van der Waals surface area contributed by atoms with Crippen molar-refractivity contribution in [3.8, 4) is 17.3 Å². The van der Waals surface area contributed by atoms with Crippen LogP contribution in [0.3, 0.4) is 0 Å². The normalized spacial score (nSPS) is 11.6. The van der Waals surface area contributed by atoms with Crippen molar-refractivity contribution in [3.63, 3.8) is 0 Å². The lowest BCUT2D eigenvalue weighted by molar-refractivity contribution is 0.840. The molecule has 0 N–H and O–H groups in total. The van der Waals surface area contributed by atoms with Gasteiger partial charge in [-0.05, 0) is 29.8 Å². The summed E-state index contributed by atoms with van der Waals surface area (Å²) in [4.78, 5) is 5.29. The Morgan fingerprint density at radius 1 is 1.15 bits per heavy atom. The van der Waals surface area contributed by atoms with Gasteiger partial charge in [-0.3, -0.25) is 4.99 Å². The van der Waals surface area contributed by atoms with Crippen LogP contribution in [0.4, 0.5) is 0 Å². The van der Waals surface area contributed by atoms with E-state index in [1.807, 2.05) is 41.8 Å². The van der Waals surface area contributed by atoms with Gasteiger partial charge in [-0.1, -0.05) is 41.9 Å². The molecule has 0 aliphatic carbocycles. The van der Waals surface area contributed by atoms with E-state index in [9.17, 15) is 0 Å². The Morgan fingerprint density at radius 3 is 2.54 bits per heavy atom. The van der Waals surface area contributed by atoms with Crippen molar-refractivity contribution in [1.29, 1.82) is 5.26 Å². The number of aromatic nitrogens is 1. The molecule has 3 aromatic rings. The van der Waals surface area contributed by atoms with Crippen LogP contribution in [-0.2, 0) is 0 Å². The molecular formula is C20H15ClN4S. The van der Waals surface area contributed by atoms with Gasteiger partial charge in [-0.2, -0.15) is 10.4 Å². The summed E-state index contributed by atoms with van der Waals surface area (Å²) >= 11 is 7.51. The molecule has 6 heteroatoms. The maximum Gasteiger partial charge on any atom is 0.206 e. The van der Waals surface area contributed by atoms with Crippen LogP contribution in [0.2, 0.25) is 5.02 Å². The number of rotatable bonds is 5. The summed E-state index contributed by atoms with van der Waals surface area (Å²) < 4.78 is 1.80. The fourth-order valence-corrected chi connectivity index (χ4v) is 3.22. The monoisotopic (exact) mass is 378 g/mol. The Bertz CT molecular complexity index is 1040. The van der Waals surface area contributed by atoms with E-state index in [1.165, 1.54) is 11.3 Å². The lowest BCUT2D eigenvalue weighted by Crippen LogP contribution is -2.12. The van der Waals surface area contributed by atoms with Crippen molar-refractivity contribution in [2.24, 2.45) is 10.1 Å². The van der Waals surface area contributed by atoms with E-state index >= 15 is 0 Å². The topological polar surface area (TPSA) is 53.4 Å². The first-order valence-electron chi connectivity index (χ1n) is 7.83. The smallest absolute Gasteiger partial charge is 0.206 e. The number of halogens is 1. The van der Waals surface area contributed by atoms with Gasteiger partial charge in [0.1, 0.15) is 0 Å². The third-order valence-electron chi connectivity index (χ3n) is 3.54. The van der Waals surface area contributed by atoms with Crippen LogP contribution in [0.1, 0.15) is 11.1 Å². The Labute approximate surface area is 160 Å². The average Bonchev–Trinajstić information content (AvgIpc) is 3.08. The molecule has 26 heavy (non-hydrogen) atoms. The molecule has 0 atom stereocenters. The van der Waals surface area contributed by atoms with E-state index in [0.717, 1.165) is 21.6 Å². The molecular weight excluding hydrogens is 364 g/mol. The van der Waals surface area contributed by atoms with Crippen LogP contribution in [0.5, 0.6) is 0 Å². The zero-order chi connectivity index (χ0) is 18.4. The molecule has 0 spiro atoms. The van der Waals surface area contributed by atoms with Crippen LogP contribution in [0.25, 0.3) is 11.3 Å². The summed E-state index contributed by atoms with van der Waals surface area (Å²) in [6, 6.07) is 17.0. The van der Waals surface area contributed by atoms with Crippen molar-refractivity contribution >= 4 is 29.2 Å². The first-order chi connectivity index (χ1) is 12.7. The van der Waals surface area contributed by atoms with E-state index in [1.54, 1.807) is 29.1 Å². The third-order valence-corrected chi connectivity index (χ3v) is 4.65. The van der Waals surface area contributed by atoms with Crippen molar-refractivity contribution in [2.45, 2.75) is 0 Å². The van der Waals surface area contributed by atoms with Crippen LogP contribution >= 0.6 is 22.9 Å². The van der Waals surface area contributed by atoms with Crippen LogP contribution < -0.4 is 4.80 Å². The molecule has 128 valence electrons. The van der Waals surface area contributed by atoms with Gasteiger partial charge in [-0.15, -0.1) is 17.9 Å². The fourth-order valence-electron chi connectivity index (χ4n) is 2.25. The predicted molar refractivity (Wildman–Crippen MR) is 108 cm³/mol. The van der Waals surface area contributed by atoms with Crippen LogP contribution in [-0.4, -0.2) is 17.4 Å². The molecule has 0 amide bonds. The summed E-state index contributed by atoms with van der Waals surface area (Å²) in [6.07, 6.45) is 3.50. The first kappa shape index (κ1) is 17.9. The zero-order valence-electron chi connectivity index (χ0n) is 13.8. The molecule has 0 aliphatic heterocycles. The zero-order valence-corrected chi connectivity index (χ0v) is 15.4. The van der Waals surface area contributed by atoms with Gasteiger partial charge >= 0.3 is 0 Å². The number of hydrogen-bond acceptors (Lipinski definition) is 4. The van der Waals surface area contributed by atoms with Crippen molar-refractivity contribution in [3.05, 3.63) is 87.5 Å². The van der Waals surface area contributed by atoms with Gasteiger partial charge in [0.2, 0.25) is 4.80 Å². The summed E-state index contributed by atoms with van der Waals surface area (Å²) in [7, 11) is 0. The van der Waals surface area contributed by atoms with E-state index in [4.69, 9.17) is 16.9 Å². The summed E-state index contributed by atoms with van der Waals surface area (Å²) in [5, 5.41) is 16.2. The molecule has 0 radical (unpaired) electrons. The number of thiazole rings is 1. The molecule has 0 fully saturated rings. The number of nitrogens with zero attached hydrogens (tertiary/aromatic N) is 4. The lowest BCUT2D eigenvalue weighted by atomic mass is 10.2. The quantitative estimate of drug-likeness (QED) is 0.468. The van der Waals surface area contributed by atoms with E-state index < -0.39 is 0 Å². The largest absolute Gasteiger partial charge is 0.253 e. The van der Waals surface area contributed by atoms with Gasteiger partial charge < -0.3 is 0 Å². The lowest BCUT2D eigenvalue weighted by Gasteiger charge is -2.04. The Balaban J connectivity index is 2.03. The molecule has 0 aliphatic rings. The Hall–Kier alpha value is -2.94. The van der Waals surface area contributed by atoms with E-state index in [2.05, 4.69) is 22.7 Å². The summed E-state index contributed by atoms with van der Waals surface area (Å²) in [5.74, 6) is 0. The highest BCUT2D eigenvalue weighted by Gasteiger charge is 2.07. The SMILES string of the molecule is C=CCN=c1scc(-c2ccc(Cl)cc2)n1N=Cc1ccc(C#N)cc1. The van der Waals surface area contributed by atoms with Crippen LogP contribution in [0, 0.1) is 11.3 Å². The average molecular weight is 379 g/mol. The van der Waals surface area contributed by atoms with Gasteiger partial charge in [0, 0.05) is 16.0 Å². The second-order valence-corrected chi connectivity index (χ2v) is 6.60. The molecule has 0 unspecified atom stereocenters. The maximum absolute atomic E-state index is 8.89. The van der Waals surface area contributed by atoms with Crippen molar-refractivity contribution < 1.29 is 0 Å². The van der Waals surface area contributed by atoms with Crippen molar-refractivity contribution in [2.75, 3.05) is 6.54 Å². The highest BCUT2D eigenvalue weighted by Crippen LogP contribution is 2.22. The minimum atomic E-state index is 0.521. The van der Waals surface area contributed by atoms with Gasteiger partial charge in [0.25, 0.3) is 0 Å². The second kappa shape index (κ2) is 8.43. The minimum Gasteiger partial charge on any atom is -0.253 e. The van der Waals surface area contributed by atoms with Crippen LogP contribution in [0.15, 0.2) is 76.7 Å².